The van der Waals surface area contributed by atoms with Crippen molar-refractivity contribution in [2.45, 2.75) is 13.5 Å². The third-order valence-electron chi connectivity index (χ3n) is 6.47. The summed E-state index contributed by atoms with van der Waals surface area (Å²) in [5.74, 6) is 0. The lowest BCUT2D eigenvalue weighted by Gasteiger charge is -2.33. The van der Waals surface area contributed by atoms with Gasteiger partial charge in [0.15, 0.2) is 12.7 Å². The first-order valence-corrected chi connectivity index (χ1v) is 11.6. The average molecular weight is 389 g/mol. The van der Waals surface area contributed by atoms with Crippen LogP contribution in [0.3, 0.4) is 0 Å². The smallest absolute Gasteiger partial charge is 0.339 e. The number of anilines is 2. The zero-order valence-electron chi connectivity index (χ0n) is 16.2. The number of hydrogen-bond donors (Lipinski definition) is 0. The minimum Gasteiger partial charge on any atom is -0.375 e. The molecule has 0 radical (unpaired) electrons. The van der Waals surface area contributed by atoms with Gasteiger partial charge in [0.1, 0.15) is 0 Å². The Balaban J connectivity index is 1.61. The summed E-state index contributed by atoms with van der Waals surface area (Å²) in [5, 5.41) is 2.96. The van der Waals surface area contributed by atoms with E-state index in [2.05, 4.69) is 101 Å². The second kappa shape index (κ2) is 5.59. The standard InChI is InChI=1S/C25H19BN2P/c1-17-14-20-25-24-18(16-27(25)15-17)8-7-12-22(24)28-21-11-5-6-13-23(21)29(26(20)28)19-9-3-2-4-10-19/h2-15H,16H2,1H3/q+1. The van der Waals surface area contributed by atoms with Gasteiger partial charge in [-0.05, 0) is 43.5 Å². The Kier molecular flexibility index (Phi) is 3.07. The first-order chi connectivity index (χ1) is 14.3. The quantitative estimate of drug-likeness (QED) is 0.241. The molecular weight excluding hydrogens is 370 g/mol. The number of hydrogen-bond acceptors (Lipinski definition) is 1. The van der Waals surface area contributed by atoms with Crippen LogP contribution in [0.4, 0.5) is 11.4 Å². The van der Waals surface area contributed by atoms with Gasteiger partial charge in [0.2, 0.25) is 5.69 Å². The molecule has 4 aromatic rings. The average Bonchev–Trinajstić information content (AvgIpc) is 3.29. The van der Waals surface area contributed by atoms with Gasteiger partial charge in [-0.1, -0.05) is 60.7 Å². The van der Waals surface area contributed by atoms with E-state index >= 15 is 0 Å². The molecule has 136 valence electrons. The van der Waals surface area contributed by atoms with Crippen molar-refractivity contribution in [2.24, 2.45) is 0 Å². The van der Waals surface area contributed by atoms with E-state index in [0.29, 0.717) is 6.57 Å². The topological polar surface area (TPSA) is 7.12 Å². The molecular formula is C25H19BN2P+. The fraction of sp³-hybridized carbons (Fsp3) is 0.0800. The molecule has 0 fully saturated rings. The van der Waals surface area contributed by atoms with Crippen molar-refractivity contribution in [2.75, 3.05) is 4.81 Å². The van der Waals surface area contributed by atoms with Gasteiger partial charge in [-0.15, -0.1) is 0 Å². The monoisotopic (exact) mass is 389 g/mol. The molecule has 3 aromatic carbocycles. The SMILES string of the molecule is Cc1cc2c3[n+](c1)Cc1cccc(c1-3)N1B2P(c2ccccc2)c2ccccc21. The first-order valence-electron chi connectivity index (χ1n) is 10.2. The molecule has 1 unspecified atom stereocenters. The van der Waals surface area contributed by atoms with Crippen molar-refractivity contribution in [3.8, 4) is 11.3 Å². The van der Waals surface area contributed by atoms with Gasteiger partial charge in [0, 0.05) is 28.0 Å². The van der Waals surface area contributed by atoms with Gasteiger partial charge >= 0.3 is 6.57 Å². The number of para-hydroxylation sites is 1. The van der Waals surface area contributed by atoms with Crippen LogP contribution in [0, 0.1) is 6.92 Å². The van der Waals surface area contributed by atoms with Crippen molar-refractivity contribution in [1.29, 1.82) is 0 Å². The highest BCUT2D eigenvalue weighted by Gasteiger charge is 2.53. The van der Waals surface area contributed by atoms with E-state index in [9.17, 15) is 0 Å². The number of rotatable bonds is 1. The van der Waals surface area contributed by atoms with E-state index in [4.69, 9.17) is 0 Å². The maximum absolute atomic E-state index is 2.64. The normalized spacial score (nSPS) is 17.2. The molecule has 3 aliphatic heterocycles. The maximum Gasteiger partial charge on any atom is 0.339 e. The summed E-state index contributed by atoms with van der Waals surface area (Å²) in [6, 6.07) is 29.5. The van der Waals surface area contributed by atoms with E-state index in [-0.39, 0.29) is 0 Å². The summed E-state index contributed by atoms with van der Waals surface area (Å²) in [6.45, 7) is 3.57. The summed E-state index contributed by atoms with van der Waals surface area (Å²) in [4.78, 5) is 2.64. The Bertz CT molecular complexity index is 1320. The number of pyridine rings is 1. The zero-order chi connectivity index (χ0) is 19.1. The van der Waals surface area contributed by atoms with Gasteiger partial charge in [-0.25, -0.2) is 0 Å². The number of nitrogens with zero attached hydrogens (tertiary/aromatic N) is 2. The van der Waals surface area contributed by atoms with Crippen molar-refractivity contribution in [3.63, 3.8) is 0 Å². The molecule has 0 amide bonds. The molecule has 0 N–H and O–H groups in total. The van der Waals surface area contributed by atoms with Crippen LogP contribution in [0.5, 0.6) is 0 Å². The Hall–Kier alpha value is -2.90. The zero-order valence-corrected chi connectivity index (χ0v) is 17.1. The lowest BCUT2D eigenvalue weighted by molar-refractivity contribution is -0.671. The van der Waals surface area contributed by atoms with E-state index in [1.165, 1.54) is 49.8 Å². The van der Waals surface area contributed by atoms with Crippen LogP contribution in [0.1, 0.15) is 11.1 Å². The highest BCUT2D eigenvalue weighted by atomic mass is 31.1. The summed E-state index contributed by atoms with van der Waals surface area (Å²) < 4.78 is 2.48. The molecule has 0 bridgehead atoms. The summed E-state index contributed by atoms with van der Waals surface area (Å²) in [5.41, 5.74) is 9.93. The predicted molar refractivity (Wildman–Crippen MR) is 123 cm³/mol. The van der Waals surface area contributed by atoms with E-state index in [1.54, 1.807) is 0 Å². The van der Waals surface area contributed by atoms with Gasteiger partial charge in [-0.3, -0.25) is 0 Å². The molecule has 4 heteroatoms. The third-order valence-corrected chi connectivity index (χ3v) is 9.22. The Morgan fingerprint density at radius 2 is 1.69 bits per heavy atom. The number of benzene rings is 3. The van der Waals surface area contributed by atoms with Crippen LogP contribution in [-0.4, -0.2) is 6.57 Å². The number of aromatic nitrogens is 1. The minimum atomic E-state index is -0.514. The Morgan fingerprint density at radius 3 is 2.59 bits per heavy atom. The van der Waals surface area contributed by atoms with E-state index in [1.807, 2.05) is 0 Å². The van der Waals surface area contributed by atoms with Gasteiger partial charge in [-0.2, -0.15) is 4.57 Å². The first kappa shape index (κ1) is 16.0. The molecule has 0 aliphatic carbocycles. The fourth-order valence-electron chi connectivity index (χ4n) is 5.47. The molecule has 1 aromatic heterocycles. The second-order valence-corrected chi connectivity index (χ2v) is 10.4. The van der Waals surface area contributed by atoms with Crippen LogP contribution < -0.4 is 25.4 Å². The molecule has 3 aliphatic rings. The third kappa shape index (κ3) is 1.99. The second-order valence-electron chi connectivity index (χ2n) is 8.20. The van der Waals surface area contributed by atoms with Crippen LogP contribution in [0.25, 0.3) is 11.3 Å². The Morgan fingerprint density at radius 1 is 0.897 bits per heavy atom. The highest BCUT2D eigenvalue weighted by Crippen LogP contribution is 2.55. The van der Waals surface area contributed by atoms with Gasteiger partial charge in [0.25, 0.3) is 0 Å². The van der Waals surface area contributed by atoms with E-state index in [0.717, 1.165) is 6.54 Å². The maximum atomic E-state index is 2.64. The Labute approximate surface area is 172 Å². The summed E-state index contributed by atoms with van der Waals surface area (Å²) in [6.07, 6.45) is 2.32. The van der Waals surface area contributed by atoms with Crippen molar-refractivity contribution < 1.29 is 4.57 Å². The van der Waals surface area contributed by atoms with Crippen LogP contribution in [0.2, 0.25) is 0 Å². The molecule has 4 heterocycles. The molecule has 29 heavy (non-hydrogen) atoms. The lowest BCUT2D eigenvalue weighted by atomic mass is 9.70. The highest BCUT2D eigenvalue weighted by molar-refractivity contribution is 8.04. The molecule has 0 spiro atoms. The van der Waals surface area contributed by atoms with Gasteiger partial charge in [0.05, 0.1) is 5.56 Å². The largest absolute Gasteiger partial charge is 0.375 e. The van der Waals surface area contributed by atoms with Crippen LogP contribution >= 0.6 is 7.80 Å². The molecule has 7 rings (SSSR count). The number of aryl methyl sites for hydroxylation is 1. The van der Waals surface area contributed by atoms with Crippen molar-refractivity contribution in [3.05, 3.63) is 96.2 Å². The minimum absolute atomic E-state index is 0.354. The molecule has 1 atom stereocenters. The molecule has 0 saturated heterocycles. The predicted octanol–water partition coefficient (Wildman–Crippen LogP) is 3.60. The molecule has 0 saturated carbocycles. The van der Waals surface area contributed by atoms with Crippen molar-refractivity contribution >= 4 is 41.8 Å². The summed E-state index contributed by atoms with van der Waals surface area (Å²) >= 11 is 0. The fourth-order valence-corrected chi connectivity index (χ4v) is 8.42. The number of fused-ring (bicyclic) bond motifs is 5. The van der Waals surface area contributed by atoms with E-state index < -0.39 is 7.80 Å². The molecule has 2 nitrogen and oxygen atoms in total. The van der Waals surface area contributed by atoms with Crippen LogP contribution in [0.15, 0.2) is 85.1 Å². The lowest BCUT2D eigenvalue weighted by Crippen LogP contribution is -2.51. The van der Waals surface area contributed by atoms with Gasteiger partial charge < -0.3 is 4.81 Å². The van der Waals surface area contributed by atoms with Crippen LogP contribution in [-0.2, 0) is 6.54 Å². The van der Waals surface area contributed by atoms with Crippen molar-refractivity contribution in [1.82, 2.24) is 0 Å². The summed E-state index contributed by atoms with van der Waals surface area (Å²) in [7, 11) is -0.514.